The first-order chi connectivity index (χ1) is 7.83. The average molecular weight is 235 g/mol. The minimum atomic E-state index is 0.0445. The standard InChI is InChI=1S/C12H13NO2S/c1-2-15-10-5-3-4-9(6-10)12-13-7-11(8-14)16-12/h3-7,14H,2,8H2,1H3. The molecule has 4 heteroatoms. The zero-order valence-corrected chi connectivity index (χ0v) is 9.83. The Kier molecular flexibility index (Phi) is 3.54. The van der Waals surface area contributed by atoms with Crippen molar-refractivity contribution >= 4 is 11.3 Å². The molecule has 1 aromatic heterocycles. The number of aromatic nitrogens is 1. The molecule has 1 aromatic carbocycles. The molecule has 2 aromatic rings. The molecule has 84 valence electrons. The van der Waals surface area contributed by atoms with Gasteiger partial charge in [-0.15, -0.1) is 11.3 Å². The van der Waals surface area contributed by atoms with E-state index in [2.05, 4.69) is 4.98 Å². The Labute approximate surface area is 98.4 Å². The number of thiazole rings is 1. The maximum absolute atomic E-state index is 8.98. The number of hydrogen-bond acceptors (Lipinski definition) is 4. The predicted molar refractivity (Wildman–Crippen MR) is 64.6 cm³/mol. The van der Waals surface area contributed by atoms with Crippen molar-refractivity contribution in [3.8, 4) is 16.3 Å². The Morgan fingerprint density at radius 3 is 3.00 bits per heavy atom. The smallest absolute Gasteiger partial charge is 0.123 e. The van der Waals surface area contributed by atoms with Crippen molar-refractivity contribution < 1.29 is 9.84 Å². The number of aliphatic hydroxyl groups is 1. The van der Waals surface area contributed by atoms with Crippen LogP contribution in [-0.4, -0.2) is 16.7 Å². The topological polar surface area (TPSA) is 42.4 Å². The summed E-state index contributed by atoms with van der Waals surface area (Å²) in [5.74, 6) is 0.848. The Balaban J connectivity index is 2.28. The van der Waals surface area contributed by atoms with Crippen molar-refractivity contribution in [2.45, 2.75) is 13.5 Å². The predicted octanol–water partition coefficient (Wildman–Crippen LogP) is 2.70. The Bertz CT molecular complexity index is 468. The second-order valence-corrected chi connectivity index (χ2v) is 4.37. The molecule has 0 saturated carbocycles. The lowest BCUT2D eigenvalue weighted by Crippen LogP contribution is -1.90. The van der Waals surface area contributed by atoms with Crippen LogP contribution in [-0.2, 0) is 6.61 Å². The fourth-order valence-corrected chi connectivity index (χ4v) is 2.17. The maximum atomic E-state index is 8.98. The van der Waals surface area contributed by atoms with Gasteiger partial charge in [0.25, 0.3) is 0 Å². The average Bonchev–Trinajstić information content (AvgIpc) is 2.78. The summed E-state index contributed by atoms with van der Waals surface area (Å²) < 4.78 is 5.43. The molecule has 0 aliphatic carbocycles. The molecule has 0 bridgehead atoms. The van der Waals surface area contributed by atoms with Crippen LogP contribution in [0.15, 0.2) is 30.5 Å². The molecule has 2 rings (SSSR count). The van der Waals surface area contributed by atoms with Crippen molar-refractivity contribution in [1.29, 1.82) is 0 Å². The highest BCUT2D eigenvalue weighted by Crippen LogP contribution is 2.27. The minimum Gasteiger partial charge on any atom is -0.494 e. The Morgan fingerprint density at radius 2 is 2.31 bits per heavy atom. The first-order valence-electron chi connectivity index (χ1n) is 5.12. The number of ether oxygens (including phenoxy) is 1. The monoisotopic (exact) mass is 235 g/mol. The van der Waals surface area contributed by atoms with Crippen LogP contribution in [0.4, 0.5) is 0 Å². The van der Waals surface area contributed by atoms with Gasteiger partial charge in [0.05, 0.1) is 18.1 Å². The second-order valence-electron chi connectivity index (χ2n) is 3.25. The van der Waals surface area contributed by atoms with Crippen molar-refractivity contribution in [1.82, 2.24) is 4.98 Å². The fourth-order valence-electron chi connectivity index (χ4n) is 1.40. The van der Waals surface area contributed by atoms with Gasteiger partial charge in [-0.2, -0.15) is 0 Å². The molecule has 1 N–H and O–H groups in total. The molecule has 3 nitrogen and oxygen atoms in total. The number of nitrogens with zero attached hydrogens (tertiary/aromatic N) is 1. The summed E-state index contributed by atoms with van der Waals surface area (Å²) in [4.78, 5) is 5.13. The summed E-state index contributed by atoms with van der Waals surface area (Å²) in [5, 5.41) is 9.89. The van der Waals surface area contributed by atoms with Gasteiger partial charge in [-0.3, -0.25) is 0 Å². The Hall–Kier alpha value is -1.39. The molecule has 0 atom stereocenters. The van der Waals surface area contributed by atoms with E-state index < -0.39 is 0 Å². The molecule has 0 amide bonds. The van der Waals surface area contributed by atoms with E-state index in [1.54, 1.807) is 6.20 Å². The summed E-state index contributed by atoms with van der Waals surface area (Å²) in [7, 11) is 0. The van der Waals surface area contributed by atoms with E-state index in [9.17, 15) is 0 Å². The third-order valence-electron chi connectivity index (χ3n) is 2.10. The zero-order valence-electron chi connectivity index (χ0n) is 9.01. The highest BCUT2D eigenvalue weighted by Gasteiger charge is 2.05. The molecular weight excluding hydrogens is 222 g/mol. The summed E-state index contributed by atoms with van der Waals surface area (Å²) in [6.45, 7) is 2.66. The zero-order chi connectivity index (χ0) is 11.4. The lowest BCUT2D eigenvalue weighted by molar-refractivity contribution is 0.285. The normalized spacial score (nSPS) is 10.4. The van der Waals surface area contributed by atoms with Crippen molar-refractivity contribution in [3.63, 3.8) is 0 Å². The highest BCUT2D eigenvalue weighted by atomic mass is 32.1. The van der Waals surface area contributed by atoms with Crippen LogP contribution in [0, 0.1) is 0 Å². The van der Waals surface area contributed by atoms with Crippen LogP contribution in [0.2, 0.25) is 0 Å². The SMILES string of the molecule is CCOc1cccc(-c2ncc(CO)s2)c1. The highest BCUT2D eigenvalue weighted by molar-refractivity contribution is 7.15. The summed E-state index contributed by atoms with van der Waals surface area (Å²) in [6.07, 6.45) is 1.70. The van der Waals surface area contributed by atoms with Gasteiger partial charge in [0.2, 0.25) is 0 Å². The Morgan fingerprint density at radius 1 is 1.44 bits per heavy atom. The lowest BCUT2D eigenvalue weighted by Gasteiger charge is -2.03. The summed E-state index contributed by atoms with van der Waals surface area (Å²) >= 11 is 1.50. The van der Waals surface area contributed by atoms with Crippen LogP contribution in [0.3, 0.4) is 0 Å². The quantitative estimate of drug-likeness (QED) is 0.886. The third kappa shape index (κ3) is 2.40. The first kappa shape index (κ1) is 11.1. The van der Waals surface area contributed by atoms with Crippen LogP contribution in [0.1, 0.15) is 11.8 Å². The van der Waals surface area contributed by atoms with Gasteiger partial charge in [-0.25, -0.2) is 4.98 Å². The molecule has 0 unspecified atom stereocenters. The van der Waals surface area contributed by atoms with Gasteiger partial charge in [-0.1, -0.05) is 12.1 Å². The van der Waals surface area contributed by atoms with E-state index in [1.807, 2.05) is 31.2 Å². The van der Waals surface area contributed by atoms with E-state index >= 15 is 0 Å². The van der Waals surface area contributed by atoms with Gasteiger partial charge in [0.15, 0.2) is 0 Å². The van der Waals surface area contributed by atoms with Gasteiger partial charge in [0, 0.05) is 11.8 Å². The molecule has 0 fully saturated rings. The van der Waals surface area contributed by atoms with Crippen LogP contribution < -0.4 is 4.74 Å². The third-order valence-corrected chi connectivity index (χ3v) is 3.13. The fraction of sp³-hybridized carbons (Fsp3) is 0.250. The summed E-state index contributed by atoms with van der Waals surface area (Å²) in [6, 6.07) is 7.82. The number of benzene rings is 1. The van der Waals surface area contributed by atoms with E-state index in [1.165, 1.54) is 11.3 Å². The first-order valence-corrected chi connectivity index (χ1v) is 5.94. The molecule has 0 aliphatic rings. The van der Waals surface area contributed by atoms with Gasteiger partial charge in [0.1, 0.15) is 10.8 Å². The van der Waals surface area contributed by atoms with Crippen LogP contribution in [0.5, 0.6) is 5.75 Å². The number of rotatable bonds is 4. The minimum absolute atomic E-state index is 0.0445. The molecule has 0 saturated heterocycles. The lowest BCUT2D eigenvalue weighted by atomic mass is 10.2. The van der Waals surface area contributed by atoms with Crippen molar-refractivity contribution in [3.05, 3.63) is 35.3 Å². The van der Waals surface area contributed by atoms with E-state index in [-0.39, 0.29) is 6.61 Å². The molecule has 1 heterocycles. The molecule has 0 aliphatic heterocycles. The molecule has 16 heavy (non-hydrogen) atoms. The van der Waals surface area contributed by atoms with Crippen LogP contribution >= 0.6 is 11.3 Å². The molecule has 0 spiro atoms. The second kappa shape index (κ2) is 5.09. The van der Waals surface area contributed by atoms with Gasteiger partial charge >= 0.3 is 0 Å². The molecule has 0 radical (unpaired) electrons. The van der Waals surface area contributed by atoms with Crippen molar-refractivity contribution in [2.24, 2.45) is 0 Å². The summed E-state index contributed by atoms with van der Waals surface area (Å²) in [5.41, 5.74) is 1.02. The van der Waals surface area contributed by atoms with E-state index in [4.69, 9.17) is 9.84 Å². The van der Waals surface area contributed by atoms with Gasteiger partial charge < -0.3 is 9.84 Å². The maximum Gasteiger partial charge on any atom is 0.123 e. The van der Waals surface area contributed by atoms with Crippen molar-refractivity contribution in [2.75, 3.05) is 6.61 Å². The van der Waals surface area contributed by atoms with Gasteiger partial charge in [-0.05, 0) is 19.1 Å². The largest absolute Gasteiger partial charge is 0.494 e. The van der Waals surface area contributed by atoms with Crippen LogP contribution in [0.25, 0.3) is 10.6 Å². The number of aliphatic hydroxyl groups excluding tert-OH is 1. The molecular formula is C12H13NO2S. The van der Waals surface area contributed by atoms with E-state index in [0.717, 1.165) is 21.2 Å². The van der Waals surface area contributed by atoms with E-state index in [0.29, 0.717) is 6.61 Å². The number of hydrogen-bond donors (Lipinski definition) is 1.